The van der Waals surface area contributed by atoms with Crippen LogP contribution in [0.15, 0.2) is 45.4 Å². The van der Waals surface area contributed by atoms with Crippen molar-refractivity contribution in [2.24, 2.45) is 0 Å². The van der Waals surface area contributed by atoms with E-state index in [1.165, 1.54) is 0 Å². The average Bonchev–Trinajstić information content (AvgIpc) is 3.24. The van der Waals surface area contributed by atoms with E-state index in [2.05, 4.69) is 32.4 Å². The van der Waals surface area contributed by atoms with Gasteiger partial charge in [0.1, 0.15) is 18.1 Å². The number of rotatable bonds is 7. The molecule has 7 heteroatoms. The standard InChI is InChI=1S/C20H22BrN3O3/c1-4-24-18(17(21)10-23-24)11-22-20(25)19-6-5-15(27-19)12-26-16-8-13(2)7-14(3)9-16/h5-10H,4,11-12H2,1-3H3,(H,22,25). The lowest BCUT2D eigenvalue weighted by Crippen LogP contribution is -2.24. The predicted molar refractivity (Wildman–Crippen MR) is 106 cm³/mol. The van der Waals surface area contributed by atoms with Gasteiger partial charge in [-0.2, -0.15) is 5.10 Å². The second-order valence-electron chi connectivity index (χ2n) is 6.32. The molecule has 0 bridgehead atoms. The topological polar surface area (TPSA) is 69.3 Å². The second kappa shape index (κ2) is 8.43. The Morgan fingerprint density at radius 3 is 2.70 bits per heavy atom. The van der Waals surface area contributed by atoms with Crippen molar-refractivity contribution >= 4 is 21.8 Å². The number of nitrogens with zero attached hydrogens (tertiary/aromatic N) is 2. The van der Waals surface area contributed by atoms with Gasteiger partial charge < -0.3 is 14.5 Å². The Bertz CT molecular complexity index is 926. The Hall–Kier alpha value is -2.54. The minimum atomic E-state index is -0.275. The van der Waals surface area contributed by atoms with Crippen LogP contribution in [-0.4, -0.2) is 15.7 Å². The maximum Gasteiger partial charge on any atom is 0.287 e. The predicted octanol–water partition coefficient (Wildman–Crippen LogP) is 4.38. The molecule has 0 saturated carbocycles. The number of aryl methyl sites for hydroxylation is 3. The molecule has 2 aromatic heterocycles. The quantitative estimate of drug-likeness (QED) is 0.602. The zero-order chi connectivity index (χ0) is 19.4. The van der Waals surface area contributed by atoms with E-state index in [0.29, 0.717) is 12.3 Å². The summed E-state index contributed by atoms with van der Waals surface area (Å²) in [6, 6.07) is 9.44. The van der Waals surface area contributed by atoms with Gasteiger partial charge in [-0.15, -0.1) is 0 Å². The van der Waals surface area contributed by atoms with Crippen LogP contribution in [0, 0.1) is 13.8 Å². The molecule has 27 heavy (non-hydrogen) atoms. The van der Waals surface area contributed by atoms with E-state index >= 15 is 0 Å². The number of ether oxygens (including phenoxy) is 1. The summed E-state index contributed by atoms with van der Waals surface area (Å²) in [6.45, 7) is 7.42. The molecule has 0 aliphatic heterocycles. The van der Waals surface area contributed by atoms with Crippen LogP contribution in [0.4, 0.5) is 0 Å². The summed E-state index contributed by atoms with van der Waals surface area (Å²) in [5.41, 5.74) is 3.19. The lowest BCUT2D eigenvalue weighted by Gasteiger charge is -2.07. The van der Waals surface area contributed by atoms with Gasteiger partial charge in [-0.25, -0.2) is 0 Å². The summed E-state index contributed by atoms with van der Waals surface area (Å²) < 4.78 is 14.1. The van der Waals surface area contributed by atoms with Crippen molar-refractivity contribution in [1.82, 2.24) is 15.1 Å². The maximum absolute atomic E-state index is 12.3. The first-order chi connectivity index (χ1) is 13.0. The number of hydrogen-bond donors (Lipinski definition) is 1. The molecule has 1 aromatic carbocycles. The third kappa shape index (κ3) is 4.80. The molecule has 142 valence electrons. The zero-order valence-electron chi connectivity index (χ0n) is 15.6. The smallest absolute Gasteiger partial charge is 0.287 e. The fourth-order valence-corrected chi connectivity index (χ4v) is 3.27. The molecule has 2 heterocycles. The third-order valence-electron chi connectivity index (χ3n) is 4.08. The van der Waals surface area contributed by atoms with Crippen LogP contribution in [0.1, 0.15) is 40.1 Å². The van der Waals surface area contributed by atoms with Gasteiger partial charge in [0.25, 0.3) is 5.91 Å². The van der Waals surface area contributed by atoms with Gasteiger partial charge in [0, 0.05) is 6.54 Å². The minimum Gasteiger partial charge on any atom is -0.486 e. The highest BCUT2D eigenvalue weighted by Crippen LogP contribution is 2.19. The number of nitrogens with one attached hydrogen (secondary N) is 1. The Kier molecular flexibility index (Phi) is 6.01. The summed E-state index contributed by atoms with van der Waals surface area (Å²) in [5, 5.41) is 7.09. The summed E-state index contributed by atoms with van der Waals surface area (Å²) >= 11 is 3.45. The molecule has 0 aliphatic carbocycles. The van der Waals surface area contributed by atoms with Crippen LogP contribution in [-0.2, 0) is 19.7 Å². The number of aromatic nitrogens is 2. The highest BCUT2D eigenvalue weighted by atomic mass is 79.9. The van der Waals surface area contributed by atoms with E-state index in [9.17, 15) is 4.79 Å². The normalized spacial score (nSPS) is 10.8. The molecule has 0 fully saturated rings. The largest absolute Gasteiger partial charge is 0.486 e. The van der Waals surface area contributed by atoms with Gasteiger partial charge in [-0.1, -0.05) is 6.07 Å². The summed E-state index contributed by atoms with van der Waals surface area (Å²) in [5.74, 6) is 1.36. The number of furan rings is 1. The zero-order valence-corrected chi connectivity index (χ0v) is 17.2. The first kappa shape index (κ1) is 19.2. The van der Waals surface area contributed by atoms with Gasteiger partial charge >= 0.3 is 0 Å². The molecule has 0 saturated heterocycles. The molecule has 3 rings (SSSR count). The molecule has 1 N–H and O–H groups in total. The fraction of sp³-hybridized carbons (Fsp3) is 0.300. The molecular weight excluding hydrogens is 410 g/mol. The fourth-order valence-electron chi connectivity index (χ4n) is 2.84. The van der Waals surface area contributed by atoms with E-state index < -0.39 is 0 Å². The van der Waals surface area contributed by atoms with Crippen molar-refractivity contribution < 1.29 is 13.9 Å². The van der Waals surface area contributed by atoms with Crippen LogP contribution >= 0.6 is 15.9 Å². The van der Waals surface area contributed by atoms with Crippen LogP contribution in [0.3, 0.4) is 0 Å². The lowest BCUT2D eigenvalue weighted by molar-refractivity contribution is 0.0918. The van der Waals surface area contributed by atoms with E-state index in [1.54, 1.807) is 18.3 Å². The van der Waals surface area contributed by atoms with E-state index in [1.807, 2.05) is 37.6 Å². The SMILES string of the molecule is CCn1ncc(Br)c1CNC(=O)c1ccc(COc2cc(C)cc(C)c2)o1. The van der Waals surface area contributed by atoms with Crippen molar-refractivity contribution in [3.63, 3.8) is 0 Å². The number of carbonyl (C=O) groups excluding carboxylic acids is 1. The molecule has 0 atom stereocenters. The highest BCUT2D eigenvalue weighted by molar-refractivity contribution is 9.10. The number of hydrogen-bond acceptors (Lipinski definition) is 4. The molecular formula is C20H22BrN3O3. The van der Waals surface area contributed by atoms with Crippen LogP contribution in [0.2, 0.25) is 0 Å². The van der Waals surface area contributed by atoms with Crippen molar-refractivity contribution in [3.05, 3.63) is 69.3 Å². The molecule has 1 amide bonds. The lowest BCUT2D eigenvalue weighted by atomic mass is 10.1. The molecule has 0 radical (unpaired) electrons. The van der Waals surface area contributed by atoms with Crippen LogP contribution in [0.25, 0.3) is 0 Å². The monoisotopic (exact) mass is 431 g/mol. The van der Waals surface area contributed by atoms with Gasteiger partial charge in [0.2, 0.25) is 0 Å². The van der Waals surface area contributed by atoms with Crippen molar-refractivity contribution in [2.75, 3.05) is 0 Å². The molecule has 6 nitrogen and oxygen atoms in total. The van der Waals surface area contributed by atoms with E-state index in [0.717, 1.165) is 33.6 Å². The highest BCUT2D eigenvalue weighted by Gasteiger charge is 2.14. The van der Waals surface area contributed by atoms with Gasteiger partial charge in [0.15, 0.2) is 5.76 Å². The van der Waals surface area contributed by atoms with E-state index in [4.69, 9.17) is 9.15 Å². The summed E-state index contributed by atoms with van der Waals surface area (Å²) in [7, 11) is 0. The number of benzene rings is 1. The number of carbonyl (C=O) groups is 1. The van der Waals surface area contributed by atoms with Gasteiger partial charge in [0.05, 0.1) is 22.9 Å². The molecule has 0 aliphatic rings. The van der Waals surface area contributed by atoms with Crippen molar-refractivity contribution in [2.45, 2.75) is 40.5 Å². The van der Waals surface area contributed by atoms with Crippen molar-refractivity contribution in [3.8, 4) is 5.75 Å². The maximum atomic E-state index is 12.3. The second-order valence-corrected chi connectivity index (χ2v) is 7.17. The Morgan fingerprint density at radius 1 is 1.26 bits per heavy atom. The summed E-state index contributed by atoms with van der Waals surface area (Å²) in [6.07, 6.45) is 1.72. The average molecular weight is 432 g/mol. The minimum absolute atomic E-state index is 0.257. The Balaban J connectivity index is 1.58. The van der Waals surface area contributed by atoms with Crippen LogP contribution < -0.4 is 10.1 Å². The number of halogens is 1. The van der Waals surface area contributed by atoms with E-state index in [-0.39, 0.29) is 18.3 Å². The molecule has 0 spiro atoms. The summed E-state index contributed by atoms with van der Waals surface area (Å²) in [4.78, 5) is 12.3. The number of amides is 1. The van der Waals surface area contributed by atoms with Crippen molar-refractivity contribution in [1.29, 1.82) is 0 Å². The molecule has 0 unspecified atom stereocenters. The van der Waals surface area contributed by atoms with Gasteiger partial charge in [-0.05, 0) is 72.1 Å². The van der Waals surface area contributed by atoms with Crippen LogP contribution in [0.5, 0.6) is 5.75 Å². The third-order valence-corrected chi connectivity index (χ3v) is 4.74. The Labute approximate surface area is 166 Å². The first-order valence-corrected chi connectivity index (χ1v) is 9.53. The molecule has 3 aromatic rings. The Morgan fingerprint density at radius 2 is 2.00 bits per heavy atom. The van der Waals surface area contributed by atoms with Gasteiger partial charge in [-0.3, -0.25) is 9.48 Å². The first-order valence-electron chi connectivity index (χ1n) is 8.74.